The highest BCUT2D eigenvalue weighted by Gasteiger charge is 2.25. The topological polar surface area (TPSA) is 84.8 Å². The van der Waals surface area contributed by atoms with Crippen molar-refractivity contribution in [2.75, 3.05) is 18.5 Å². The van der Waals surface area contributed by atoms with E-state index in [2.05, 4.69) is 10.3 Å². The van der Waals surface area contributed by atoms with Crippen LogP contribution >= 0.6 is 0 Å². The Morgan fingerprint density at radius 1 is 0.897 bits per heavy atom. The van der Waals surface area contributed by atoms with Gasteiger partial charge in [0, 0.05) is 0 Å². The summed E-state index contributed by atoms with van der Waals surface area (Å²) in [7, 11) is -3.84. The first kappa shape index (κ1) is 18.9. The molecule has 0 spiro atoms. The third kappa shape index (κ3) is 3.77. The normalized spacial score (nSPS) is 13.4. The molecule has 3 aromatic rings. The molecule has 0 saturated heterocycles. The van der Waals surface area contributed by atoms with Gasteiger partial charge in [0.05, 0.1) is 33.2 Å². The molecule has 29 heavy (non-hydrogen) atoms. The maximum absolute atomic E-state index is 13.1. The average molecular weight is 406 g/mol. The molecule has 1 aliphatic heterocycles. The van der Waals surface area contributed by atoms with Crippen molar-refractivity contribution in [2.24, 2.45) is 4.99 Å². The Morgan fingerprint density at radius 3 is 2.34 bits per heavy atom. The van der Waals surface area contributed by atoms with E-state index in [9.17, 15) is 13.2 Å². The molecule has 1 aliphatic rings. The molecule has 0 bridgehead atoms. The van der Waals surface area contributed by atoms with Crippen LogP contribution in [0.3, 0.4) is 0 Å². The van der Waals surface area contributed by atoms with Gasteiger partial charge in [0.2, 0.25) is 15.7 Å². The SMILES string of the molecule is O=C(Nc1ccccc1C1=NCCO1)c1ccccc1S(=O)(=O)c1ccccc1. The summed E-state index contributed by atoms with van der Waals surface area (Å²) < 4.78 is 31.6. The molecule has 0 fully saturated rings. The summed E-state index contributed by atoms with van der Waals surface area (Å²) in [5.41, 5.74) is 1.23. The molecule has 4 rings (SSSR count). The summed E-state index contributed by atoms with van der Waals surface area (Å²) in [6, 6.07) is 21.3. The number of carbonyl (C=O) groups excluding carboxylic acids is 1. The van der Waals surface area contributed by atoms with E-state index in [1.165, 1.54) is 24.3 Å². The van der Waals surface area contributed by atoms with Crippen LogP contribution in [0.1, 0.15) is 15.9 Å². The maximum Gasteiger partial charge on any atom is 0.257 e. The third-order valence-electron chi connectivity index (χ3n) is 4.47. The fraction of sp³-hybridized carbons (Fsp3) is 0.0909. The summed E-state index contributed by atoms with van der Waals surface area (Å²) in [5, 5.41) is 2.80. The zero-order chi connectivity index (χ0) is 20.3. The lowest BCUT2D eigenvalue weighted by Crippen LogP contribution is -2.18. The standard InChI is InChI=1S/C22H18N2O4S/c25-21(24-19-12-6-4-10-17(19)22-23-14-15-28-22)18-11-5-7-13-20(18)29(26,27)16-8-2-1-3-9-16/h1-13H,14-15H2,(H,24,25). The molecule has 1 amide bonds. The van der Waals surface area contributed by atoms with Crippen molar-refractivity contribution in [2.45, 2.75) is 9.79 Å². The van der Waals surface area contributed by atoms with Gasteiger partial charge in [-0.05, 0) is 36.4 Å². The Morgan fingerprint density at radius 2 is 1.59 bits per heavy atom. The lowest BCUT2D eigenvalue weighted by Gasteiger charge is -2.13. The van der Waals surface area contributed by atoms with Gasteiger partial charge in [-0.25, -0.2) is 13.4 Å². The van der Waals surface area contributed by atoms with E-state index in [1.54, 1.807) is 48.5 Å². The number of nitrogens with zero attached hydrogens (tertiary/aromatic N) is 1. The van der Waals surface area contributed by atoms with E-state index >= 15 is 0 Å². The first-order valence-electron chi connectivity index (χ1n) is 9.04. The second kappa shape index (κ2) is 7.89. The van der Waals surface area contributed by atoms with Crippen LogP contribution in [0.15, 0.2) is 93.6 Å². The smallest absolute Gasteiger partial charge is 0.257 e. The summed E-state index contributed by atoms with van der Waals surface area (Å²) in [4.78, 5) is 17.4. The van der Waals surface area contributed by atoms with E-state index < -0.39 is 15.7 Å². The zero-order valence-corrected chi connectivity index (χ0v) is 16.2. The molecule has 1 N–H and O–H groups in total. The van der Waals surface area contributed by atoms with Crippen molar-refractivity contribution >= 4 is 27.3 Å². The molecule has 6 nitrogen and oxygen atoms in total. The van der Waals surface area contributed by atoms with Gasteiger partial charge >= 0.3 is 0 Å². The highest BCUT2D eigenvalue weighted by Crippen LogP contribution is 2.26. The number of anilines is 1. The minimum Gasteiger partial charge on any atom is -0.475 e. The van der Waals surface area contributed by atoms with Crippen LogP contribution in [0.25, 0.3) is 0 Å². The second-order valence-electron chi connectivity index (χ2n) is 6.35. The molecular weight excluding hydrogens is 388 g/mol. The molecule has 0 aromatic heterocycles. The lowest BCUT2D eigenvalue weighted by atomic mass is 10.1. The number of sulfone groups is 1. The molecule has 0 aliphatic carbocycles. The van der Waals surface area contributed by atoms with E-state index in [0.29, 0.717) is 30.3 Å². The van der Waals surface area contributed by atoms with Gasteiger partial charge in [0.15, 0.2) is 0 Å². The minimum absolute atomic E-state index is 0.0457. The van der Waals surface area contributed by atoms with Crippen LogP contribution in [-0.4, -0.2) is 33.4 Å². The summed E-state index contributed by atoms with van der Waals surface area (Å²) in [6.45, 7) is 1.06. The average Bonchev–Trinajstić information content (AvgIpc) is 3.29. The van der Waals surface area contributed by atoms with E-state index in [0.717, 1.165) is 0 Å². The highest BCUT2D eigenvalue weighted by atomic mass is 32.2. The van der Waals surface area contributed by atoms with Gasteiger partial charge in [-0.3, -0.25) is 4.79 Å². The minimum atomic E-state index is -3.84. The van der Waals surface area contributed by atoms with Crippen molar-refractivity contribution in [3.63, 3.8) is 0 Å². The number of amides is 1. The van der Waals surface area contributed by atoms with Crippen molar-refractivity contribution in [1.29, 1.82) is 0 Å². The Balaban J connectivity index is 1.70. The second-order valence-corrected chi connectivity index (χ2v) is 8.27. The number of para-hydroxylation sites is 1. The first-order chi connectivity index (χ1) is 14.1. The zero-order valence-electron chi connectivity index (χ0n) is 15.4. The van der Waals surface area contributed by atoms with Crippen LogP contribution in [0.4, 0.5) is 5.69 Å². The van der Waals surface area contributed by atoms with Crippen LogP contribution in [0.5, 0.6) is 0 Å². The van der Waals surface area contributed by atoms with Crippen LogP contribution in [0, 0.1) is 0 Å². The maximum atomic E-state index is 13.1. The Kier molecular flexibility index (Phi) is 5.14. The fourth-order valence-electron chi connectivity index (χ4n) is 3.08. The Hall–Kier alpha value is -3.45. The molecule has 0 unspecified atom stereocenters. The van der Waals surface area contributed by atoms with Crippen LogP contribution in [-0.2, 0) is 14.6 Å². The molecule has 146 valence electrons. The number of carbonyl (C=O) groups is 1. The molecule has 0 atom stereocenters. The first-order valence-corrected chi connectivity index (χ1v) is 10.5. The molecule has 3 aromatic carbocycles. The van der Waals surface area contributed by atoms with Crippen molar-refractivity contribution in [1.82, 2.24) is 0 Å². The molecule has 7 heteroatoms. The predicted octanol–water partition coefficient (Wildman–Crippen LogP) is 3.55. The highest BCUT2D eigenvalue weighted by molar-refractivity contribution is 7.91. The quantitative estimate of drug-likeness (QED) is 0.702. The van der Waals surface area contributed by atoms with Gasteiger partial charge in [0.25, 0.3) is 5.91 Å². The Bertz CT molecular complexity index is 1190. The number of benzene rings is 3. The number of ether oxygens (including phenoxy) is 1. The van der Waals surface area contributed by atoms with Gasteiger partial charge < -0.3 is 10.1 Å². The third-order valence-corrected chi connectivity index (χ3v) is 6.29. The molecule has 0 radical (unpaired) electrons. The largest absolute Gasteiger partial charge is 0.475 e. The molecule has 1 heterocycles. The summed E-state index contributed by atoms with van der Waals surface area (Å²) in [6.07, 6.45) is 0. The van der Waals surface area contributed by atoms with Gasteiger partial charge in [0.1, 0.15) is 6.61 Å². The number of hydrogen-bond acceptors (Lipinski definition) is 5. The summed E-state index contributed by atoms with van der Waals surface area (Å²) >= 11 is 0. The fourth-order valence-corrected chi connectivity index (χ4v) is 4.56. The van der Waals surface area contributed by atoms with Gasteiger partial charge in [-0.2, -0.15) is 0 Å². The lowest BCUT2D eigenvalue weighted by molar-refractivity contribution is 0.102. The molecular formula is C22H18N2O4S. The van der Waals surface area contributed by atoms with E-state index in [-0.39, 0.29) is 15.4 Å². The van der Waals surface area contributed by atoms with Crippen molar-refractivity contribution in [3.8, 4) is 0 Å². The van der Waals surface area contributed by atoms with Gasteiger partial charge in [-0.15, -0.1) is 0 Å². The predicted molar refractivity (Wildman–Crippen MR) is 110 cm³/mol. The van der Waals surface area contributed by atoms with E-state index in [1.807, 2.05) is 6.07 Å². The van der Waals surface area contributed by atoms with Crippen LogP contribution < -0.4 is 5.32 Å². The number of hydrogen-bond donors (Lipinski definition) is 1. The number of nitrogens with one attached hydrogen (secondary N) is 1. The van der Waals surface area contributed by atoms with Gasteiger partial charge in [-0.1, -0.05) is 42.5 Å². The van der Waals surface area contributed by atoms with E-state index in [4.69, 9.17) is 4.74 Å². The number of rotatable bonds is 5. The Labute approximate surface area is 168 Å². The van der Waals surface area contributed by atoms with Crippen molar-refractivity contribution < 1.29 is 17.9 Å². The molecule has 0 saturated carbocycles. The number of aliphatic imine (C=N–C) groups is 1. The van der Waals surface area contributed by atoms with Crippen molar-refractivity contribution in [3.05, 3.63) is 90.0 Å². The summed E-state index contributed by atoms with van der Waals surface area (Å²) in [5.74, 6) is -0.0581. The van der Waals surface area contributed by atoms with Crippen LogP contribution in [0.2, 0.25) is 0 Å². The monoisotopic (exact) mass is 406 g/mol.